The molecule has 3 heterocycles. The highest BCUT2D eigenvalue weighted by Crippen LogP contribution is 2.39. The lowest BCUT2D eigenvalue weighted by molar-refractivity contribution is -0.132. The third-order valence-electron chi connectivity index (χ3n) is 6.63. The molecule has 2 fully saturated rings. The van der Waals surface area contributed by atoms with Gasteiger partial charge in [-0.3, -0.25) is 9.69 Å². The van der Waals surface area contributed by atoms with Crippen LogP contribution in [0.1, 0.15) is 43.2 Å². The lowest BCUT2D eigenvalue weighted by Gasteiger charge is -2.37. The summed E-state index contributed by atoms with van der Waals surface area (Å²) in [5, 5.41) is 3.49. The Morgan fingerprint density at radius 3 is 2.64 bits per heavy atom. The summed E-state index contributed by atoms with van der Waals surface area (Å²) in [5.74, 6) is 0.338. The number of likely N-dealkylation sites (tertiary alicyclic amines) is 1. The lowest BCUT2D eigenvalue weighted by Crippen LogP contribution is -2.43. The first-order valence-corrected chi connectivity index (χ1v) is 10.0. The average Bonchev–Trinajstić information content (AvgIpc) is 2.85. The van der Waals surface area contributed by atoms with Crippen LogP contribution >= 0.6 is 0 Å². The van der Waals surface area contributed by atoms with E-state index in [-0.39, 0.29) is 0 Å². The Bertz CT molecular complexity index is 609. The zero-order valence-corrected chi connectivity index (χ0v) is 15.3. The maximum Gasteiger partial charge on any atom is 0.236 e. The Kier molecular flexibility index (Phi) is 5.09. The summed E-state index contributed by atoms with van der Waals surface area (Å²) in [6.45, 7) is 6.74. The quantitative estimate of drug-likeness (QED) is 0.897. The number of amides is 1. The van der Waals surface area contributed by atoms with Gasteiger partial charge in [0.1, 0.15) is 0 Å². The molecular formula is C21H31N3O. The molecule has 0 saturated carbocycles. The molecule has 1 N–H and O–H groups in total. The Morgan fingerprint density at radius 1 is 1.00 bits per heavy atom. The van der Waals surface area contributed by atoms with Gasteiger partial charge in [0.25, 0.3) is 0 Å². The number of benzene rings is 1. The molecule has 2 saturated heterocycles. The normalized spacial score (nSPS) is 23.9. The molecule has 4 rings (SSSR count). The van der Waals surface area contributed by atoms with Gasteiger partial charge >= 0.3 is 0 Å². The highest BCUT2D eigenvalue weighted by Gasteiger charge is 2.34. The fourth-order valence-electron chi connectivity index (χ4n) is 4.94. The zero-order chi connectivity index (χ0) is 17.1. The van der Waals surface area contributed by atoms with Crippen molar-refractivity contribution < 1.29 is 4.79 Å². The Hall–Kier alpha value is -1.39. The molecule has 1 amide bonds. The van der Waals surface area contributed by atoms with E-state index in [4.69, 9.17) is 0 Å². The summed E-state index contributed by atoms with van der Waals surface area (Å²) >= 11 is 0. The van der Waals surface area contributed by atoms with Gasteiger partial charge in [0.15, 0.2) is 0 Å². The first-order valence-electron chi connectivity index (χ1n) is 10.0. The molecule has 4 heteroatoms. The van der Waals surface area contributed by atoms with Crippen molar-refractivity contribution in [2.45, 2.75) is 45.1 Å². The minimum Gasteiger partial charge on any atom is -0.342 e. The second kappa shape index (κ2) is 7.46. The summed E-state index contributed by atoms with van der Waals surface area (Å²) in [6, 6.07) is 8.66. The smallest absolute Gasteiger partial charge is 0.236 e. The molecule has 4 nitrogen and oxygen atoms in total. The van der Waals surface area contributed by atoms with Crippen molar-refractivity contribution in [1.82, 2.24) is 15.1 Å². The van der Waals surface area contributed by atoms with E-state index in [1.165, 1.54) is 43.2 Å². The van der Waals surface area contributed by atoms with Crippen LogP contribution in [0.5, 0.6) is 0 Å². The topological polar surface area (TPSA) is 35.6 Å². The fraction of sp³-hybridized carbons (Fsp3) is 0.667. The van der Waals surface area contributed by atoms with Gasteiger partial charge in [0, 0.05) is 26.2 Å². The summed E-state index contributed by atoms with van der Waals surface area (Å²) in [7, 11) is 0. The van der Waals surface area contributed by atoms with Crippen molar-refractivity contribution in [1.29, 1.82) is 0 Å². The van der Waals surface area contributed by atoms with Crippen LogP contribution < -0.4 is 5.32 Å². The van der Waals surface area contributed by atoms with Gasteiger partial charge in [-0.2, -0.15) is 0 Å². The van der Waals surface area contributed by atoms with E-state index in [0.717, 1.165) is 45.7 Å². The number of hydrogen-bond donors (Lipinski definition) is 1. The van der Waals surface area contributed by atoms with Gasteiger partial charge in [-0.1, -0.05) is 24.3 Å². The molecule has 25 heavy (non-hydrogen) atoms. The monoisotopic (exact) mass is 341 g/mol. The number of piperidine rings is 1. The van der Waals surface area contributed by atoms with Gasteiger partial charge in [-0.15, -0.1) is 0 Å². The van der Waals surface area contributed by atoms with E-state index in [0.29, 0.717) is 17.9 Å². The predicted octanol–water partition coefficient (Wildman–Crippen LogP) is 2.43. The van der Waals surface area contributed by atoms with Crippen LogP contribution in [0.2, 0.25) is 0 Å². The standard InChI is InChI=1S/C21H31N3O/c25-20(17-23-14-6-18-4-1-2-5-19(18)16-23)24-13-3-7-21(10-15-24)8-11-22-12-9-21/h1-2,4-5,22H,3,6-17H2. The molecule has 0 unspecified atom stereocenters. The SMILES string of the molecule is O=C(CN1CCc2ccccc2C1)N1CCCC2(CCNCC2)CC1. The third kappa shape index (κ3) is 3.90. The van der Waals surface area contributed by atoms with Crippen molar-refractivity contribution in [3.63, 3.8) is 0 Å². The largest absolute Gasteiger partial charge is 0.342 e. The number of carbonyl (C=O) groups excluding carboxylic acids is 1. The van der Waals surface area contributed by atoms with Crippen LogP contribution in [0.4, 0.5) is 0 Å². The van der Waals surface area contributed by atoms with Crippen molar-refractivity contribution in [2.75, 3.05) is 39.3 Å². The molecule has 0 atom stereocenters. The van der Waals surface area contributed by atoms with Gasteiger partial charge in [-0.25, -0.2) is 0 Å². The molecule has 0 bridgehead atoms. The highest BCUT2D eigenvalue weighted by molar-refractivity contribution is 5.78. The van der Waals surface area contributed by atoms with Crippen LogP contribution in [0, 0.1) is 5.41 Å². The molecule has 1 spiro atoms. The molecule has 1 aromatic rings. The Labute approximate surface area is 151 Å². The number of nitrogens with zero attached hydrogens (tertiary/aromatic N) is 2. The molecule has 3 aliphatic rings. The maximum absolute atomic E-state index is 12.9. The van der Waals surface area contributed by atoms with E-state index in [2.05, 4.69) is 39.4 Å². The van der Waals surface area contributed by atoms with Crippen LogP contribution in [0.15, 0.2) is 24.3 Å². The number of hydrogen-bond acceptors (Lipinski definition) is 3. The molecular weight excluding hydrogens is 310 g/mol. The minimum atomic E-state index is 0.338. The van der Waals surface area contributed by atoms with E-state index in [1.54, 1.807) is 0 Å². The first-order chi connectivity index (χ1) is 12.2. The van der Waals surface area contributed by atoms with Crippen LogP contribution in [-0.4, -0.2) is 55.0 Å². The van der Waals surface area contributed by atoms with Crippen molar-refractivity contribution in [3.8, 4) is 0 Å². The maximum atomic E-state index is 12.9. The Balaban J connectivity index is 1.32. The molecule has 0 aliphatic carbocycles. The van der Waals surface area contributed by atoms with Gasteiger partial charge in [0.05, 0.1) is 6.54 Å². The average molecular weight is 341 g/mol. The number of fused-ring (bicyclic) bond motifs is 1. The van der Waals surface area contributed by atoms with E-state index in [1.807, 2.05) is 0 Å². The summed E-state index contributed by atoms with van der Waals surface area (Å²) < 4.78 is 0. The number of nitrogens with one attached hydrogen (secondary N) is 1. The second-order valence-electron chi connectivity index (χ2n) is 8.21. The van der Waals surface area contributed by atoms with Crippen LogP contribution in [-0.2, 0) is 17.8 Å². The summed E-state index contributed by atoms with van der Waals surface area (Å²) in [5.41, 5.74) is 3.35. The van der Waals surface area contributed by atoms with Crippen LogP contribution in [0.25, 0.3) is 0 Å². The minimum absolute atomic E-state index is 0.338. The van der Waals surface area contributed by atoms with Crippen molar-refractivity contribution >= 4 is 5.91 Å². The molecule has 136 valence electrons. The van der Waals surface area contributed by atoms with Crippen molar-refractivity contribution in [3.05, 3.63) is 35.4 Å². The van der Waals surface area contributed by atoms with Gasteiger partial charge in [-0.05, 0) is 68.2 Å². The van der Waals surface area contributed by atoms with Crippen molar-refractivity contribution in [2.24, 2.45) is 5.41 Å². The van der Waals surface area contributed by atoms with Gasteiger partial charge in [0.2, 0.25) is 5.91 Å². The summed E-state index contributed by atoms with van der Waals surface area (Å²) in [4.78, 5) is 17.4. The van der Waals surface area contributed by atoms with E-state index in [9.17, 15) is 4.79 Å². The molecule has 3 aliphatic heterocycles. The summed E-state index contributed by atoms with van der Waals surface area (Å²) in [6.07, 6.45) is 7.32. The third-order valence-corrected chi connectivity index (χ3v) is 6.63. The molecule has 0 aromatic heterocycles. The highest BCUT2D eigenvalue weighted by atomic mass is 16.2. The second-order valence-corrected chi connectivity index (χ2v) is 8.21. The number of rotatable bonds is 2. The number of carbonyl (C=O) groups is 1. The van der Waals surface area contributed by atoms with Crippen LogP contribution in [0.3, 0.4) is 0 Å². The lowest BCUT2D eigenvalue weighted by atomic mass is 9.73. The predicted molar refractivity (Wildman–Crippen MR) is 100 cm³/mol. The molecule has 1 aromatic carbocycles. The first kappa shape index (κ1) is 17.0. The Morgan fingerprint density at radius 2 is 1.80 bits per heavy atom. The van der Waals surface area contributed by atoms with Gasteiger partial charge < -0.3 is 10.2 Å². The fourth-order valence-corrected chi connectivity index (χ4v) is 4.94. The molecule has 0 radical (unpaired) electrons. The zero-order valence-electron chi connectivity index (χ0n) is 15.3. The van der Waals surface area contributed by atoms with E-state index < -0.39 is 0 Å². The van der Waals surface area contributed by atoms with E-state index >= 15 is 0 Å².